The van der Waals surface area contributed by atoms with Gasteiger partial charge in [0.2, 0.25) is 6.41 Å². The molecule has 0 bridgehead atoms. The van der Waals surface area contributed by atoms with Crippen molar-refractivity contribution in [3.8, 4) is 0 Å². The number of morpholine rings is 1. The monoisotopic (exact) mass is 141 g/mol. The molecule has 1 fully saturated rings. The Hall–Kier alpha value is -0.830. The number of carbonyl (C=O) groups is 1. The first-order valence-corrected chi connectivity index (χ1v) is 3.30. The second-order valence-electron chi connectivity index (χ2n) is 2.25. The van der Waals surface area contributed by atoms with Gasteiger partial charge in [0.25, 0.3) is 0 Å². The summed E-state index contributed by atoms with van der Waals surface area (Å²) in [4.78, 5) is 11.9. The quantitative estimate of drug-likeness (QED) is 0.401. The van der Waals surface area contributed by atoms with Crippen LogP contribution in [-0.4, -0.2) is 37.1 Å². The van der Waals surface area contributed by atoms with Crippen LogP contribution in [0.3, 0.4) is 0 Å². The van der Waals surface area contributed by atoms with Crippen molar-refractivity contribution < 1.29 is 9.53 Å². The summed E-state index contributed by atoms with van der Waals surface area (Å²) in [5.41, 5.74) is 0. The maximum absolute atomic E-state index is 10.3. The molecule has 0 saturated carbocycles. The highest BCUT2D eigenvalue weighted by Gasteiger charge is 2.15. The van der Waals surface area contributed by atoms with Crippen LogP contribution in [0.4, 0.5) is 0 Å². The average molecular weight is 141 g/mol. The Morgan fingerprint density at radius 1 is 1.70 bits per heavy atom. The van der Waals surface area contributed by atoms with Crippen molar-refractivity contribution in [2.24, 2.45) is 0 Å². The third kappa shape index (κ3) is 1.57. The molecule has 1 heterocycles. The summed E-state index contributed by atoms with van der Waals surface area (Å²) < 4.78 is 5.24. The molecule has 1 aliphatic heterocycles. The van der Waals surface area contributed by atoms with Gasteiger partial charge in [0.15, 0.2) is 0 Å². The summed E-state index contributed by atoms with van der Waals surface area (Å²) in [6.07, 6.45) is 2.59. The van der Waals surface area contributed by atoms with Gasteiger partial charge in [0, 0.05) is 6.54 Å². The zero-order valence-electron chi connectivity index (χ0n) is 5.82. The lowest BCUT2D eigenvalue weighted by Crippen LogP contribution is -2.40. The van der Waals surface area contributed by atoms with Crippen molar-refractivity contribution in [2.75, 3.05) is 19.7 Å². The SMILES string of the molecule is C=C[C@@H]1CN(C=O)CCO1. The van der Waals surface area contributed by atoms with Crippen molar-refractivity contribution in [3.63, 3.8) is 0 Å². The predicted octanol–water partition coefficient (Wildman–Crippen LogP) is 0.0296. The average Bonchev–Trinajstić information content (AvgIpc) is 2.05. The minimum absolute atomic E-state index is 0.0268. The van der Waals surface area contributed by atoms with Gasteiger partial charge in [0.1, 0.15) is 0 Å². The number of amides is 1. The highest BCUT2D eigenvalue weighted by atomic mass is 16.5. The fraction of sp³-hybridized carbons (Fsp3) is 0.571. The molecule has 0 spiro atoms. The summed E-state index contributed by atoms with van der Waals surface area (Å²) in [7, 11) is 0. The molecule has 3 nitrogen and oxygen atoms in total. The van der Waals surface area contributed by atoms with Crippen LogP contribution in [0.5, 0.6) is 0 Å². The topological polar surface area (TPSA) is 29.5 Å². The minimum atomic E-state index is 0.0268. The van der Waals surface area contributed by atoms with Crippen LogP contribution in [0.2, 0.25) is 0 Å². The van der Waals surface area contributed by atoms with Gasteiger partial charge in [-0.15, -0.1) is 6.58 Å². The zero-order valence-corrected chi connectivity index (χ0v) is 5.82. The molecule has 0 aromatic rings. The molecule has 1 atom stereocenters. The summed E-state index contributed by atoms with van der Waals surface area (Å²) in [6.45, 7) is 5.55. The van der Waals surface area contributed by atoms with Gasteiger partial charge >= 0.3 is 0 Å². The summed E-state index contributed by atoms with van der Waals surface area (Å²) in [5.74, 6) is 0. The van der Waals surface area contributed by atoms with E-state index >= 15 is 0 Å². The summed E-state index contributed by atoms with van der Waals surface area (Å²) >= 11 is 0. The molecule has 56 valence electrons. The number of nitrogens with zero attached hydrogens (tertiary/aromatic N) is 1. The second kappa shape index (κ2) is 3.37. The van der Waals surface area contributed by atoms with E-state index in [1.165, 1.54) is 0 Å². The molecule has 10 heavy (non-hydrogen) atoms. The van der Waals surface area contributed by atoms with Crippen LogP contribution in [0.25, 0.3) is 0 Å². The van der Waals surface area contributed by atoms with Crippen LogP contribution in [0.15, 0.2) is 12.7 Å². The molecule has 0 unspecified atom stereocenters. The van der Waals surface area contributed by atoms with Crippen molar-refractivity contribution in [1.82, 2.24) is 4.90 Å². The summed E-state index contributed by atoms with van der Waals surface area (Å²) in [5, 5.41) is 0. The molecule has 0 aromatic carbocycles. The van der Waals surface area contributed by atoms with E-state index in [2.05, 4.69) is 6.58 Å². The van der Waals surface area contributed by atoms with Gasteiger partial charge in [-0.05, 0) is 0 Å². The molecule has 0 aromatic heterocycles. The number of rotatable bonds is 2. The fourth-order valence-electron chi connectivity index (χ4n) is 0.935. The van der Waals surface area contributed by atoms with Gasteiger partial charge < -0.3 is 9.64 Å². The molecular weight excluding hydrogens is 130 g/mol. The van der Waals surface area contributed by atoms with E-state index in [1.807, 2.05) is 0 Å². The normalized spacial score (nSPS) is 26.0. The largest absolute Gasteiger partial charge is 0.370 e. The third-order valence-corrected chi connectivity index (χ3v) is 1.54. The van der Waals surface area contributed by atoms with Crippen LogP contribution in [-0.2, 0) is 9.53 Å². The van der Waals surface area contributed by atoms with Gasteiger partial charge in [-0.3, -0.25) is 4.79 Å². The summed E-state index contributed by atoms with van der Waals surface area (Å²) in [6, 6.07) is 0. The lowest BCUT2D eigenvalue weighted by molar-refractivity contribution is -0.123. The Morgan fingerprint density at radius 3 is 3.10 bits per heavy atom. The highest BCUT2D eigenvalue weighted by molar-refractivity contribution is 5.47. The number of hydrogen-bond acceptors (Lipinski definition) is 2. The molecule has 0 radical (unpaired) electrons. The Morgan fingerprint density at radius 2 is 2.50 bits per heavy atom. The predicted molar refractivity (Wildman–Crippen MR) is 37.6 cm³/mol. The molecule has 0 N–H and O–H groups in total. The second-order valence-corrected chi connectivity index (χ2v) is 2.25. The van der Waals surface area contributed by atoms with Crippen molar-refractivity contribution in [3.05, 3.63) is 12.7 Å². The molecule has 1 rings (SSSR count). The minimum Gasteiger partial charge on any atom is -0.370 e. The van der Waals surface area contributed by atoms with Gasteiger partial charge in [-0.1, -0.05) is 6.08 Å². The van der Waals surface area contributed by atoms with E-state index in [0.717, 1.165) is 6.41 Å². The van der Waals surface area contributed by atoms with Crippen molar-refractivity contribution in [1.29, 1.82) is 0 Å². The first-order valence-electron chi connectivity index (χ1n) is 3.30. The molecule has 3 heteroatoms. The van der Waals surface area contributed by atoms with E-state index in [0.29, 0.717) is 19.7 Å². The zero-order chi connectivity index (χ0) is 7.40. The number of hydrogen-bond donors (Lipinski definition) is 0. The van der Waals surface area contributed by atoms with Gasteiger partial charge in [-0.2, -0.15) is 0 Å². The number of carbonyl (C=O) groups excluding carboxylic acids is 1. The first kappa shape index (κ1) is 7.28. The van der Waals surface area contributed by atoms with Crippen LogP contribution >= 0.6 is 0 Å². The van der Waals surface area contributed by atoms with Gasteiger partial charge in [0.05, 0.1) is 19.3 Å². The maximum Gasteiger partial charge on any atom is 0.209 e. The fourth-order valence-corrected chi connectivity index (χ4v) is 0.935. The van der Waals surface area contributed by atoms with Crippen LogP contribution < -0.4 is 0 Å². The van der Waals surface area contributed by atoms with Crippen LogP contribution in [0, 0.1) is 0 Å². The molecular formula is C7H11NO2. The van der Waals surface area contributed by atoms with Crippen LogP contribution in [0.1, 0.15) is 0 Å². The van der Waals surface area contributed by atoms with E-state index in [4.69, 9.17) is 4.74 Å². The highest BCUT2D eigenvalue weighted by Crippen LogP contribution is 2.02. The van der Waals surface area contributed by atoms with Gasteiger partial charge in [-0.25, -0.2) is 0 Å². The Balaban J connectivity index is 2.38. The van der Waals surface area contributed by atoms with E-state index in [-0.39, 0.29) is 6.10 Å². The third-order valence-electron chi connectivity index (χ3n) is 1.54. The standard InChI is InChI=1S/C7H11NO2/c1-2-7-5-8(6-9)3-4-10-7/h2,6-7H,1,3-5H2/t7-/m1/s1. The lowest BCUT2D eigenvalue weighted by atomic mass is 10.3. The molecule has 1 saturated heterocycles. The van der Waals surface area contributed by atoms with E-state index in [9.17, 15) is 4.79 Å². The molecule has 1 amide bonds. The smallest absolute Gasteiger partial charge is 0.209 e. The van der Waals surface area contributed by atoms with E-state index < -0.39 is 0 Å². The molecule has 0 aliphatic carbocycles. The Bertz CT molecular complexity index is 122. The maximum atomic E-state index is 10.3. The number of ether oxygens (including phenoxy) is 1. The van der Waals surface area contributed by atoms with Crippen molar-refractivity contribution >= 4 is 6.41 Å². The lowest BCUT2D eigenvalue weighted by Gasteiger charge is -2.27. The molecule has 1 aliphatic rings. The Kier molecular flexibility index (Phi) is 2.45. The first-order chi connectivity index (χ1) is 4.86. The van der Waals surface area contributed by atoms with E-state index in [1.54, 1.807) is 11.0 Å². The Labute approximate surface area is 60.3 Å². The van der Waals surface area contributed by atoms with Crippen molar-refractivity contribution in [2.45, 2.75) is 6.10 Å².